The Morgan fingerprint density at radius 1 is 1.03 bits per heavy atom. The summed E-state index contributed by atoms with van der Waals surface area (Å²) in [5.41, 5.74) is 5.89. The number of rotatable bonds is 9. The molecule has 0 aliphatic heterocycles. The highest BCUT2D eigenvalue weighted by atomic mass is 16.5. The predicted molar refractivity (Wildman–Crippen MR) is 129 cm³/mol. The van der Waals surface area contributed by atoms with Crippen LogP contribution in [0.4, 0.5) is 5.69 Å². The number of para-hydroxylation sites is 1. The Balaban J connectivity index is 1.54. The number of carbonyl (C=O) groups excluding carboxylic acids is 2. The standard InChI is InChI=1S/C26H24N4O4/c1-18-7-3-6-10-22(18)29-25(31)14-26(32)30-28-16-19-11-12-23(24(13-19)33-2)34-17-21-9-5-4-8-20(21)15-27/h3-13,16H,14,17H2,1-2H3,(H,29,31)(H,30,32). The van der Waals surface area contributed by atoms with Crippen LogP contribution in [-0.4, -0.2) is 25.1 Å². The molecule has 0 saturated carbocycles. The van der Waals surface area contributed by atoms with E-state index >= 15 is 0 Å². The van der Waals surface area contributed by atoms with Gasteiger partial charge in [0.05, 0.1) is 25.0 Å². The second-order valence-electron chi connectivity index (χ2n) is 7.30. The maximum atomic E-state index is 12.1. The first kappa shape index (κ1) is 24.0. The first-order chi connectivity index (χ1) is 16.5. The van der Waals surface area contributed by atoms with Gasteiger partial charge in [0.1, 0.15) is 13.0 Å². The number of carbonyl (C=O) groups is 2. The minimum Gasteiger partial charge on any atom is -0.493 e. The Morgan fingerprint density at radius 2 is 1.79 bits per heavy atom. The number of hydrogen-bond acceptors (Lipinski definition) is 6. The Hall–Kier alpha value is -4.64. The molecule has 0 saturated heterocycles. The van der Waals surface area contributed by atoms with Crippen molar-refractivity contribution in [1.82, 2.24) is 5.43 Å². The SMILES string of the molecule is COc1cc(C=NNC(=O)CC(=O)Nc2ccccc2C)ccc1OCc1ccccc1C#N. The summed E-state index contributed by atoms with van der Waals surface area (Å²) in [6.45, 7) is 2.09. The molecular formula is C26H24N4O4. The highest BCUT2D eigenvalue weighted by molar-refractivity contribution is 6.04. The van der Waals surface area contributed by atoms with Crippen molar-refractivity contribution in [3.63, 3.8) is 0 Å². The molecule has 3 aromatic carbocycles. The van der Waals surface area contributed by atoms with Crippen molar-refractivity contribution >= 4 is 23.7 Å². The van der Waals surface area contributed by atoms with Gasteiger partial charge in [-0.15, -0.1) is 0 Å². The molecule has 8 heteroatoms. The van der Waals surface area contributed by atoms with Crippen molar-refractivity contribution < 1.29 is 19.1 Å². The van der Waals surface area contributed by atoms with Crippen molar-refractivity contribution in [3.05, 3.63) is 89.0 Å². The third kappa shape index (κ3) is 6.68. The zero-order chi connectivity index (χ0) is 24.3. The fourth-order valence-corrected chi connectivity index (χ4v) is 3.07. The summed E-state index contributed by atoms with van der Waals surface area (Å²) in [6, 6.07) is 21.8. The second-order valence-corrected chi connectivity index (χ2v) is 7.30. The van der Waals surface area contributed by atoms with Crippen molar-refractivity contribution in [2.24, 2.45) is 5.10 Å². The van der Waals surface area contributed by atoms with E-state index in [-0.39, 0.29) is 13.0 Å². The summed E-state index contributed by atoms with van der Waals surface area (Å²) >= 11 is 0. The van der Waals surface area contributed by atoms with Crippen LogP contribution in [-0.2, 0) is 16.2 Å². The summed E-state index contributed by atoms with van der Waals surface area (Å²) in [4.78, 5) is 24.1. The monoisotopic (exact) mass is 456 g/mol. The third-order valence-corrected chi connectivity index (χ3v) is 4.85. The van der Waals surface area contributed by atoms with Crippen LogP contribution in [0, 0.1) is 18.3 Å². The highest BCUT2D eigenvalue weighted by Crippen LogP contribution is 2.28. The molecule has 0 fully saturated rings. The summed E-state index contributed by atoms with van der Waals surface area (Å²) in [6.07, 6.45) is 1.08. The fourth-order valence-electron chi connectivity index (χ4n) is 3.07. The van der Waals surface area contributed by atoms with Crippen molar-refractivity contribution in [2.45, 2.75) is 20.0 Å². The van der Waals surface area contributed by atoms with Crippen LogP contribution in [0.15, 0.2) is 71.8 Å². The molecular weight excluding hydrogens is 432 g/mol. The average Bonchev–Trinajstić information content (AvgIpc) is 2.84. The van der Waals surface area contributed by atoms with Crippen LogP contribution >= 0.6 is 0 Å². The summed E-state index contributed by atoms with van der Waals surface area (Å²) in [7, 11) is 1.52. The number of methoxy groups -OCH3 is 1. The molecule has 3 aromatic rings. The lowest BCUT2D eigenvalue weighted by atomic mass is 10.1. The van der Waals surface area contributed by atoms with Crippen molar-refractivity contribution in [1.29, 1.82) is 5.26 Å². The van der Waals surface area contributed by atoms with Crippen LogP contribution in [0.3, 0.4) is 0 Å². The van der Waals surface area contributed by atoms with Gasteiger partial charge in [-0.1, -0.05) is 36.4 Å². The van der Waals surface area contributed by atoms with Gasteiger partial charge in [0.15, 0.2) is 11.5 Å². The Morgan fingerprint density at radius 3 is 2.56 bits per heavy atom. The summed E-state index contributed by atoms with van der Waals surface area (Å²) < 4.78 is 11.2. The average molecular weight is 457 g/mol. The predicted octanol–water partition coefficient (Wildman–Crippen LogP) is 3.93. The molecule has 2 N–H and O–H groups in total. The number of amides is 2. The number of nitrogens with one attached hydrogen (secondary N) is 2. The topological polar surface area (TPSA) is 113 Å². The van der Waals surface area contributed by atoms with Crippen LogP contribution in [0.25, 0.3) is 0 Å². The Labute approximate surface area is 197 Å². The van der Waals surface area contributed by atoms with E-state index < -0.39 is 11.8 Å². The fraction of sp³-hybridized carbons (Fsp3) is 0.154. The molecule has 0 radical (unpaired) electrons. The molecule has 0 heterocycles. The lowest BCUT2D eigenvalue weighted by molar-refractivity contribution is -0.126. The highest BCUT2D eigenvalue weighted by Gasteiger charge is 2.10. The number of nitrogens with zero attached hydrogens (tertiary/aromatic N) is 2. The largest absolute Gasteiger partial charge is 0.493 e. The Kier molecular flexibility index (Phi) is 8.36. The lowest BCUT2D eigenvalue weighted by Gasteiger charge is -2.12. The molecule has 0 spiro atoms. The smallest absolute Gasteiger partial charge is 0.249 e. The van der Waals surface area contributed by atoms with Gasteiger partial charge in [-0.05, 0) is 48.4 Å². The van der Waals surface area contributed by atoms with E-state index in [1.165, 1.54) is 13.3 Å². The normalized spacial score (nSPS) is 10.4. The number of nitriles is 1. The van der Waals surface area contributed by atoms with Gasteiger partial charge >= 0.3 is 0 Å². The molecule has 0 aromatic heterocycles. The van der Waals surface area contributed by atoms with E-state index in [9.17, 15) is 14.9 Å². The quantitative estimate of drug-likeness (QED) is 0.288. The van der Waals surface area contributed by atoms with E-state index in [0.29, 0.717) is 28.3 Å². The molecule has 172 valence electrons. The number of hydrogen-bond donors (Lipinski definition) is 2. The molecule has 34 heavy (non-hydrogen) atoms. The Bertz CT molecular complexity index is 1250. The molecule has 2 amide bonds. The van der Waals surface area contributed by atoms with Gasteiger partial charge in [0.2, 0.25) is 11.8 Å². The van der Waals surface area contributed by atoms with E-state index in [1.54, 1.807) is 36.4 Å². The maximum absolute atomic E-state index is 12.1. The van der Waals surface area contributed by atoms with E-state index in [4.69, 9.17) is 9.47 Å². The molecule has 0 bridgehead atoms. The minimum absolute atomic E-state index is 0.216. The van der Waals surface area contributed by atoms with Crippen LogP contribution in [0.2, 0.25) is 0 Å². The van der Waals surface area contributed by atoms with Crippen molar-refractivity contribution in [2.75, 3.05) is 12.4 Å². The molecule has 8 nitrogen and oxygen atoms in total. The van der Waals surface area contributed by atoms with Gasteiger partial charge in [-0.3, -0.25) is 9.59 Å². The van der Waals surface area contributed by atoms with E-state index in [2.05, 4.69) is 21.9 Å². The number of aryl methyl sites for hydroxylation is 1. The van der Waals surface area contributed by atoms with Gasteiger partial charge in [-0.25, -0.2) is 5.43 Å². The van der Waals surface area contributed by atoms with Crippen molar-refractivity contribution in [3.8, 4) is 17.6 Å². The first-order valence-electron chi connectivity index (χ1n) is 10.5. The molecule has 0 atom stereocenters. The van der Waals surface area contributed by atoms with Crippen LogP contribution in [0.1, 0.15) is 28.7 Å². The van der Waals surface area contributed by atoms with Gasteiger partial charge < -0.3 is 14.8 Å². The summed E-state index contributed by atoms with van der Waals surface area (Å²) in [5.74, 6) is 0.0141. The number of hydrazone groups is 1. The maximum Gasteiger partial charge on any atom is 0.249 e. The van der Waals surface area contributed by atoms with E-state index in [0.717, 1.165) is 11.1 Å². The third-order valence-electron chi connectivity index (χ3n) is 4.85. The first-order valence-corrected chi connectivity index (χ1v) is 10.5. The minimum atomic E-state index is -0.537. The summed E-state index contributed by atoms with van der Waals surface area (Å²) in [5, 5.41) is 15.8. The van der Waals surface area contributed by atoms with Gasteiger partial charge in [0.25, 0.3) is 0 Å². The number of ether oxygens (including phenoxy) is 2. The zero-order valence-corrected chi connectivity index (χ0v) is 18.9. The van der Waals surface area contributed by atoms with Crippen LogP contribution < -0.4 is 20.2 Å². The zero-order valence-electron chi connectivity index (χ0n) is 18.9. The van der Waals surface area contributed by atoms with E-state index in [1.807, 2.05) is 37.3 Å². The molecule has 0 aliphatic carbocycles. The van der Waals surface area contributed by atoms with Crippen LogP contribution in [0.5, 0.6) is 11.5 Å². The molecule has 0 aliphatic rings. The van der Waals surface area contributed by atoms with Gasteiger partial charge in [0, 0.05) is 11.3 Å². The number of benzene rings is 3. The lowest BCUT2D eigenvalue weighted by Crippen LogP contribution is -2.24. The molecule has 3 rings (SSSR count). The number of anilines is 1. The molecule has 0 unspecified atom stereocenters. The van der Waals surface area contributed by atoms with Gasteiger partial charge in [-0.2, -0.15) is 10.4 Å². The second kappa shape index (κ2) is 11.8.